The molecule has 1 aliphatic carbocycles. The van der Waals surface area contributed by atoms with E-state index in [-0.39, 0.29) is 0 Å². The van der Waals surface area contributed by atoms with Crippen LogP contribution in [0.3, 0.4) is 0 Å². The van der Waals surface area contributed by atoms with Crippen LogP contribution in [-0.4, -0.2) is 27.1 Å². The van der Waals surface area contributed by atoms with Gasteiger partial charge in [-0.25, -0.2) is 9.48 Å². The van der Waals surface area contributed by atoms with Gasteiger partial charge < -0.3 is 5.11 Å². The average molecular weight is 274 g/mol. The standard InChI is InChI=1S/C14H14N2O2S/c1-19-12-4-2-3-11(13(12)14(17)18)16-8-7-10(15-16)9-5-6-9/h2-4,7-9H,5-6H2,1H3,(H,17,18). The Morgan fingerprint density at radius 1 is 1.42 bits per heavy atom. The molecule has 0 amide bonds. The summed E-state index contributed by atoms with van der Waals surface area (Å²) >= 11 is 1.44. The number of hydrogen-bond donors (Lipinski definition) is 1. The van der Waals surface area contributed by atoms with Gasteiger partial charge >= 0.3 is 5.97 Å². The fourth-order valence-electron chi connectivity index (χ4n) is 2.16. The van der Waals surface area contributed by atoms with Gasteiger partial charge in [0.15, 0.2) is 0 Å². The minimum Gasteiger partial charge on any atom is -0.478 e. The quantitative estimate of drug-likeness (QED) is 0.870. The molecule has 1 aliphatic rings. The third-order valence-electron chi connectivity index (χ3n) is 3.29. The summed E-state index contributed by atoms with van der Waals surface area (Å²) in [6.07, 6.45) is 6.10. The Balaban J connectivity index is 2.09. The second-order valence-electron chi connectivity index (χ2n) is 4.62. The number of rotatable bonds is 4. The van der Waals surface area contributed by atoms with Crippen molar-refractivity contribution in [1.29, 1.82) is 0 Å². The van der Waals surface area contributed by atoms with Gasteiger partial charge in [-0.05, 0) is 37.3 Å². The maximum atomic E-state index is 11.5. The minimum absolute atomic E-state index is 0.320. The molecule has 98 valence electrons. The zero-order valence-corrected chi connectivity index (χ0v) is 11.4. The van der Waals surface area contributed by atoms with Gasteiger partial charge in [0.2, 0.25) is 0 Å². The van der Waals surface area contributed by atoms with Crippen molar-refractivity contribution < 1.29 is 9.90 Å². The monoisotopic (exact) mass is 274 g/mol. The Labute approximate surface area is 115 Å². The average Bonchev–Trinajstić information content (AvgIpc) is 3.15. The summed E-state index contributed by atoms with van der Waals surface area (Å²) in [6, 6.07) is 7.47. The van der Waals surface area contributed by atoms with Gasteiger partial charge in [-0.2, -0.15) is 5.10 Å². The molecule has 2 aromatic rings. The van der Waals surface area contributed by atoms with Crippen molar-refractivity contribution in [3.63, 3.8) is 0 Å². The number of carboxylic acid groups (broad SMARTS) is 1. The van der Waals surface area contributed by atoms with Crippen molar-refractivity contribution >= 4 is 17.7 Å². The van der Waals surface area contributed by atoms with Gasteiger partial charge in [-0.15, -0.1) is 11.8 Å². The summed E-state index contributed by atoms with van der Waals surface area (Å²) in [6.45, 7) is 0. The maximum absolute atomic E-state index is 11.5. The Morgan fingerprint density at radius 2 is 2.21 bits per heavy atom. The van der Waals surface area contributed by atoms with Crippen LogP contribution in [0.1, 0.15) is 34.8 Å². The first-order chi connectivity index (χ1) is 9.20. The highest BCUT2D eigenvalue weighted by Gasteiger charge is 2.26. The number of aromatic carboxylic acids is 1. The molecule has 5 heteroatoms. The lowest BCUT2D eigenvalue weighted by Gasteiger charge is -2.09. The number of hydrogen-bond acceptors (Lipinski definition) is 3. The summed E-state index contributed by atoms with van der Waals surface area (Å²) in [4.78, 5) is 12.2. The minimum atomic E-state index is -0.913. The molecule has 4 nitrogen and oxygen atoms in total. The van der Waals surface area contributed by atoms with Crippen molar-refractivity contribution in [2.24, 2.45) is 0 Å². The molecule has 1 aromatic carbocycles. The Morgan fingerprint density at radius 3 is 2.84 bits per heavy atom. The van der Waals surface area contributed by atoms with Crippen LogP contribution in [-0.2, 0) is 0 Å². The van der Waals surface area contributed by atoms with Crippen LogP contribution < -0.4 is 0 Å². The van der Waals surface area contributed by atoms with Gasteiger partial charge in [0.1, 0.15) is 0 Å². The van der Waals surface area contributed by atoms with Crippen molar-refractivity contribution in [3.8, 4) is 5.69 Å². The predicted octanol–water partition coefficient (Wildman–Crippen LogP) is 3.17. The molecule has 3 rings (SSSR count). The number of nitrogens with zero attached hydrogens (tertiary/aromatic N) is 2. The van der Waals surface area contributed by atoms with E-state index in [1.165, 1.54) is 24.6 Å². The Kier molecular flexibility index (Phi) is 3.06. The van der Waals surface area contributed by atoms with Crippen LogP contribution >= 0.6 is 11.8 Å². The van der Waals surface area contributed by atoms with E-state index in [0.29, 0.717) is 17.2 Å². The molecule has 1 N–H and O–H groups in total. The second kappa shape index (κ2) is 4.74. The van der Waals surface area contributed by atoms with Crippen LogP contribution in [0.25, 0.3) is 5.69 Å². The van der Waals surface area contributed by atoms with Crippen LogP contribution in [0, 0.1) is 0 Å². The first-order valence-electron chi connectivity index (χ1n) is 6.17. The van der Waals surface area contributed by atoms with Gasteiger partial charge in [-0.1, -0.05) is 6.07 Å². The lowest BCUT2D eigenvalue weighted by atomic mass is 10.2. The highest BCUT2D eigenvalue weighted by molar-refractivity contribution is 7.98. The van der Waals surface area contributed by atoms with Crippen molar-refractivity contribution in [2.75, 3.05) is 6.26 Å². The molecule has 0 atom stereocenters. The maximum Gasteiger partial charge on any atom is 0.339 e. The highest BCUT2D eigenvalue weighted by Crippen LogP contribution is 2.39. The summed E-state index contributed by atoms with van der Waals surface area (Å²) in [5, 5.41) is 13.9. The van der Waals surface area contributed by atoms with Crippen molar-refractivity contribution in [2.45, 2.75) is 23.7 Å². The summed E-state index contributed by atoms with van der Waals surface area (Å²) < 4.78 is 1.68. The van der Waals surface area contributed by atoms with E-state index >= 15 is 0 Å². The molecule has 1 saturated carbocycles. The topological polar surface area (TPSA) is 55.1 Å². The lowest BCUT2D eigenvalue weighted by molar-refractivity contribution is 0.0693. The van der Waals surface area contributed by atoms with E-state index in [1.54, 1.807) is 10.7 Å². The number of aromatic nitrogens is 2. The third kappa shape index (κ3) is 2.26. The summed E-state index contributed by atoms with van der Waals surface area (Å²) in [5.74, 6) is -0.346. The van der Waals surface area contributed by atoms with Gasteiger partial charge in [0, 0.05) is 17.0 Å². The number of benzene rings is 1. The molecule has 1 fully saturated rings. The zero-order valence-electron chi connectivity index (χ0n) is 10.5. The van der Waals surface area contributed by atoms with E-state index in [4.69, 9.17) is 0 Å². The molecular formula is C14H14N2O2S. The molecule has 0 saturated heterocycles. The van der Waals surface area contributed by atoms with E-state index in [1.807, 2.05) is 30.7 Å². The number of thioether (sulfide) groups is 1. The molecule has 0 unspecified atom stereocenters. The van der Waals surface area contributed by atoms with E-state index in [0.717, 1.165) is 10.6 Å². The van der Waals surface area contributed by atoms with Gasteiger partial charge in [-0.3, -0.25) is 0 Å². The molecular weight excluding hydrogens is 260 g/mol. The largest absolute Gasteiger partial charge is 0.478 e. The van der Waals surface area contributed by atoms with Crippen LogP contribution in [0.5, 0.6) is 0 Å². The first-order valence-corrected chi connectivity index (χ1v) is 7.39. The zero-order chi connectivity index (χ0) is 13.4. The highest BCUT2D eigenvalue weighted by atomic mass is 32.2. The predicted molar refractivity (Wildman–Crippen MR) is 74.3 cm³/mol. The van der Waals surface area contributed by atoms with Crippen LogP contribution in [0.15, 0.2) is 35.4 Å². The van der Waals surface area contributed by atoms with Crippen LogP contribution in [0.2, 0.25) is 0 Å². The molecule has 0 radical (unpaired) electrons. The number of carboxylic acids is 1. The fourth-order valence-corrected chi connectivity index (χ4v) is 2.78. The SMILES string of the molecule is CSc1cccc(-n2ccc(C3CC3)n2)c1C(=O)O. The summed E-state index contributed by atoms with van der Waals surface area (Å²) in [7, 11) is 0. The van der Waals surface area contributed by atoms with Gasteiger partial charge in [0.25, 0.3) is 0 Å². The normalized spacial score (nSPS) is 14.6. The smallest absolute Gasteiger partial charge is 0.339 e. The molecule has 19 heavy (non-hydrogen) atoms. The first kappa shape index (κ1) is 12.3. The number of carbonyl (C=O) groups is 1. The molecule has 1 aromatic heterocycles. The van der Waals surface area contributed by atoms with E-state index in [9.17, 15) is 9.90 Å². The summed E-state index contributed by atoms with van der Waals surface area (Å²) in [5.41, 5.74) is 2.01. The molecule has 0 spiro atoms. The third-order valence-corrected chi connectivity index (χ3v) is 4.07. The molecule has 0 bridgehead atoms. The molecule has 1 heterocycles. The van der Waals surface area contributed by atoms with Crippen molar-refractivity contribution in [3.05, 3.63) is 41.7 Å². The van der Waals surface area contributed by atoms with E-state index in [2.05, 4.69) is 5.10 Å². The van der Waals surface area contributed by atoms with Gasteiger partial charge in [0.05, 0.1) is 16.9 Å². The van der Waals surface area contributed by atoms with E-state index < -0.39 is 5.97 Å². The Bertz CT molecular complexity index is 632. The lowest BCUT2D eigenvalue weighted by Crippen LogP contribution is -2.07. The Hall–Kier alpha value is -1.75. The molecule has 0 aliphatic heterocycles. The van der Waals surface area contributed by atoms with Crippen LogP contribution in [0.4, 0.5) is 0 Å². The van der Waals surface area contributed by atoms with Crippen molar-refractivity contribution in [1.82, 2.24) is 9.78 Å². The fraction of sp³-hybridized carbons (Fsp3) is 0.286. The second-order valence-corrected chi connectivity index (χ2v) is 5.47.